The lowest BCUT2D eigenvalue weighted by molar-refractivity contribution is 0.0988. The lowest BCUT2D eigenvalue weighted by Gasteiger charge is -2.30. The van der Waals surface area contributed by atoms with Gasteiger partial charge in [0.15, 0.2) is 11.0 Å². The lowest BCUT2D eigenvalue weighted by atomic mass is 9.87. The fourth-order valence-corrected chi connectivity index (χ4v) is 3.61. The van der Waals surface area contributed by atoms with Gasteiger partial charge in [-0.2, -0.15) is 4.98 Å². The summed E-state index contributed by atoms with van der Waals surface area (Å²) < 4.78 is 31.5. The zero-order chi connectivity index (χ0) is 17.3. The van der Waals surface area contributed by atoms with Gasteiger partial charge in [0.2, 0.25) is 0 Å². The van der Waals surface area contributed by atoms with Crippen LogP contribution in [-0.4, -0.2) is 21.7 Å². The standard InChI is InChI=1S/C16H15F2N3O2S/c1-16(4-5-24-15(19)21-16)10-6-9(2-3-11(10)17)7-13(22)12-8-23-14(18)20-12/h2-3,6,8H,4-5,7H2,1H3,(H2,19,21)/t16-/m0/s1. The van der Waals surface area contributed by atoms with Crippen molar-refractivity contribution in [2.75, 3.05) is 5.75 Å². The molecule has 8 heteroatoms. The van der Waals surface area contributed by atoms with Crippen LogP contribution in [-0.2, 0) is 12.0 Å². The average Bonchev–Trinajstić information content (AvgIpc) is 2.95. The van der Waals surface area contributed by atoms with Crippen LogP contribution >= 0.6 is 11.8 Å². The minimum absolute atomic E-state index is 0.0384. The first-order valence-electron chi connectivity index (χ1n) is 7.29. The van der Waals surface area contributed by atoms with Crippen LogP contribution in [0.25, 0.3) is 0 Å². The van der Waals surface area contributed by atoms with E-state index in [0.29, 0.717) is 22.7 Å². The summed E-state index contributed by atoms with van der Waals surface area (Å²) in [5, 5.41) is 0.419. The Labute approximate surface area is 141 Å². The molecule has 0 radical (unpaired) electrons. The molecule has 0 spiro atoms. The van der Waals surface area contributed by atoms with Crippen molar-refractivity contribution in [1.82, 2.24) is 4.98 Å². The molecule has 2 aromatic rings. The molecule has 24 heavy (non-hydrogen) atoms. The molecule has 1 aliphatic rings. The van der Waals surface area contributed by atoms with Crippen LogP contribution in [0.4, 0.5) is 8.78 Å². The van der Waals surface area contributed by atoms with Gasteiger partial charge in [0.25, 0.3) is 0 Å². The van der Waals surface area contributed by atoms with E-state index >= 15 is 0 Å². The number of rotatable bonds is 4. The molecule has 0 saturated heterocycles. The second-order valence-corrected chi connectivity index (χ2v) is 6.84. The van der Waals surface area contributed by atoms with E-state index in [-0.39, 0.29) is 12.1 Å². The minimum Gasteiger partial charge on any atom is -0.423 e. The van der Waals surface area contributed by atoms with Crippen molar-refractivity contribution in [3.05, 3.63) is 53.2 Å². The summed E-state index contributed by atoms with van der Waals surface area (Å²) >= 11 is 1.43. The van der Waals surface area contributed by atoms with Gasteiger partial charge in [-0.3, -0.25) is 9.79 Å². The number of nitrogens with two attached hydrogens (primary N) is 1. The van der Waals surface area contributed by atoms with Crippen LogP contribution in [0.1, 0.15) is 35.0 Å². The summed E-state index contributed by atoms with van der Waals surface area (Å²) in [7, 11) is 0. The summed E-state index contributed by atoms with van der Waals surface area (Å²) in [5.41, 5.74) is 5.90. The molecule has 2 N–H and O–H groups in total. The van der Waals surface area contributed by atoms with E-state index in [1.54, 1.807) is 6.07 Å². The van der Waals surface area contributed by atoms with Crippen molar-refractivity contribution in [3.8, 4) is 0 Å². The molecule has 0 fully saturated rings. The lowest BCUT2D eigenvalue weighted by Crippen LogP contribution is -2.29. The van der Waals surface area contributed by atoms with E-state index in [1.807, 2.05) is 6.92 Å². The van der Waals surface area contributed by atoms with E-state index in [0.717, 1.165) is 12.0 Å². The predicted octanol–water partition coefficient (Wildman–Crippen LogP) is 3.05. The molecule has 0 bridgehead atoms. The number of hydrogen-bond acceptors (Lipinski definition) is 6. The van der Waals surface area contributed by atoms with E-state index in [2.05, 4.69) is 14.4 Å². The second kappa shape index (κ2) is 6.35. The summed E-state index contributed by atoms with van der Waals surface area (Å²) in [5.74, 6) is -0.0654. The molecule has 1 aliphatic heterocycles. The number of halogens is 2. The number of amidine groups is 1. The van der Waals surface area contributed by atoms with Gasteiger partial charge in [0.1, 0.15) is 17.8 Å². The smallest absolute Gasteiger partial charge is 0.382 e. The number of oxazole rings is 1. The Bertz CT molecular complexity index is 821. The number of hydrogen-bond donors (Lipinski definition) is 1. The number of carbonyl (C=O) groups is 1. The minimum atomic E-state index is -1.06. The van der Waals surface area contributed by atoms with Crippen molar-refractivity contribution < 1.29 is 18.0 Å². The number of aromatic nitrogens is 1. The zero-order valence-electron chi connectivity index (χ0n) is 12.9. The van der Waals surface area contributed by atoms with Crippen LogP contribution in [0.3, 0.4) is 0 Å². The number of Topliss-reactive ketones (excluding diaryl/α,β-unsaturated/α-hetero) is 1. The van der Waals surface area contributed by atoms with E-state index in [1.165, 1.54) is 23.9 Å². The highest BCUT2D eigenvalue weighted by molar-refractivity contribution is 8.13. The van der Waals surface area contributed by atoms with Crippen LogP contribution < -0.4 is 5.73 Å². The topological polar surface area (TPSA) is 81.5 Å². The van der Waals surface area contributed by atoms with Gasteiger partial charge in [-0.1, -0.05) is 17.8 Å². The molecule has 1 aromatic carbocycles. The SMILES string of the molecule is C[C@@]1(c2cc(CC(=O)c3coc(F)n3)ccc2F)CCSC(N)=N1. The second-order valence-electron chi connectivity index (χ2n) is 5.72. The number of carbonyl (C=O) groups excluding carboxylic acids is 1. The summed E-state index contributed by atoms with van der Waals surface area (Å²) in [6.45, 7) is 1.82. The first-order chi connectivity index (χ1) is 11.4. The summed E-state index contributed by atoms with van der Waals surface area (Å²) in [6, 6.07) is 4.43. The van der Waals surface area contributed by atoms with E-state index < -0.39 is 23.3 Å². The van der Waals surface area contributed by atoms with E-state index in [4.69, 9.17) is 5.73 Å². The van der Waals surface area contributed by atoms with Gasteiger partial charge in [-0.05, 0) is 31.0 Å². The van der Waals surface area contributed by atoms with Crippen LogP contribution in [0.15, 0.2) is 33.9 Å². The molecule has 0 aliphatic carbocycles. The monoisotopic (exact) mass is 351 g/mol. The van der Waals surface area contributed by atoms with Crippen molar-refractivity contribution in [2.24, 2.45) is 10.7 Å². The molecule has 0 unspecified atom stereocenters. The maximum Gasteiger partial charge on any atom is 0.382 e. The van der Waals surface area contributed by atoms with Crippen LogP contribution in [0, 0.1) is 12.0 Å². The number of nitrogens with zero attached hydrogens (tertiary/aromatic N) is 2. The number of thioether (sulfide) groups is 1. The fraction of sp³-hybridized carbons (Fsp3) is 0.312. The molecule has 0 amide bonds. The van der Waals surface area contributed by atoms with Crippen LogP contribution in [0.5, 0.6) is 0 Å². The average molecular weight is 351 g/mol. The van der Waals surface area contributed by atoms with Gasteiger partial charge >= 0.3 is 6.14 Å². The summed E-state index contributed by atoms with van der Waals surface area (Å²) in [4.78, 5) is 19.8. The molecule has 5 nitrogen and oxygen atoms in total. The van der Waals surface area contributed by atoms with Gasteiger partial charge in [0.05, 0.1) is 5.54 Å². The van der Waals surface area contributed by atoms with Crippen molar-refractivity contribution in [3.63, 3.8) is 0 Å². The quantitative estimate of drug-likeness (QED) is 0.856. The van der Waals surface area contributed by atoms with Crippen LogP contribution in [0.2, 0.25) is 0 Å². The fourth-order valence-electron chi connectivity index (χ4n) is 2.63. The highest BCUT2D eigenvalue weighted by atomic mass is 32.2. The molecule has 126 valence electrons. The normalized spacial score (nSPS) is 20.7. The number of benzene rings is 1. The third kappa shape index (κ3) is 3.33. The third-order valence-electron chi connectivity index (χ3n) is 3.93. The molecule has 3 rings (SSSR count). The predicted molar refractivity (Wildman–Crippen MR) is 86.9 cm³/mol. The molecule has 1 aromatic heterocycles. The number of ketones is 1. The Morgan fingerprint density at radius 2 is 2.25 bits per heavy atom. The Kier molecular flexibility index (Phi) is 4.40. The highest BCUT2D eigenvalue weighted by Crippen LogP contribution is 2.36. The Balaban J connectivity index is 1.89. The first kappa shape index (κ1) is 16.6. The van der Waals surface area contributed by atoms with Gasteiger partial charge in [0, 0.05) is 17.7 Å². The number of aliphatic imine (C=N–C) groups is 1. The highest BCUT2D eigenvalue weighted by Gasteiger charge is 2.32. The maximum absolute atomic E-state index is 14.3. The summed E-state index contributed by atoms with van der Waals surface area (Å²) in [6.07, 6.45) is 0.507. The third-order valence-corrected chi connectivity index (χ3v) is 4.73. The molecule has 1 atom stereocenters. The zero-order valence-corrected chi connectivity index (χ0v) is 13.7. The van der Waals surface area contributed by atoms with Gasteiger partial charge in [-0.25, -0.2) is 4.39 Å². The first-order valence-corrected chi connectivity index (χ1v) is 8.27. The van der Waals surface area contributed by atoms with Crippen molar-refractivity contribution in [2.45, 2.75) is 25.3 Å². The Hall–Kier alpha value is -2.22. The Morgan fingerprint density at radius 3 is 2.92 bits per heavy atom. The molecule has 2 heterocycles. The molecule has 0 saturated carbocycles. The van der Waals surface area contributed by atoms with Gasteiger partial charge < -0.3 is 10.2 Å². The maximum atomic E-state index is 14.3. The van der Waals surface area contributed by atoms with Crippen molar-refractivity contribution in [1.29, 1.82) is 0 Å². The van der Waals surface area contributed by atoms with E-state index in [9.17, 15) is 13.6 Å². The van der Waals surface area contributed by atoms with Crippen molar-refractivity contribution >= 4 is 22.7 Å². The molecular weight excluding hydrogens is 336 g/mol. The van der Waals surface area contributed by atoms with Gasteiger partial charge in [-0.15, -0.1) is 4.39 Å². The Morgan fingerprint density at radius 1 is 1.46 bits per heavy atom. The largest absolute Gasteiger partial charge is 0.423 e. The molecular formula is C16H15F2N3O2S.